The van der Waals surface area contributed by atoms with Crippen molar-refractivity contribution >= 4 is 59.0 Å². The van der Waals surface area contributed by atoms with Crippen LogP contribution in [0.4, 0.5) is 0 Å². The van der Waals surface area contributed by atoms with E-state index in [4.69, 9.17) is 9.47 Å². The normalized spacial score (nSPS) is 19.3. The first-order valence-corrected chi connectivity index (χ1v) is 8.82. The van der Waals surface area contributed by atoms with Gasteiger partial charge in [-0.2, -0.15) is 0 Å². The smallest absolute Gasteiger partial charge is 0.308 e. The van der Waals surface area contributed by atoms with Gasteiger partial charge in [-0.05, 0) is 21.6 Å². The Morgan fingerprint density at radius 3 is 1.44 bits per heavy atom. The second-order valence-electron chi connectivity index (χ2n) is 3.15. The molecule has 2 rings (SSSR count). The summed E-state index contributed by atoms with van der Waals surface area (Å²) < 4.78 is 9.83. The lowest BCUT2D eigenvalue weighted by atomic mass is 10.3. The standard InChI is InChI=1S/C10H10O4S4/c11-7(13-9-15-3-4-16-9)1-2-8(12)14-10-17-5-6-18-10/h3-6,9-10H,1-2H2. The molecule has 18 heavy (non-hydrogen) atoms. The van der Waals surface area contributed by atoms with Gasteiger partial charge in [0.15, 0.2) is 0 Å². The first kappa shape index (κ1) is 14.2. The van der Waals surface area contributed by atoms with E-state index in [9.17, 15) is 9.59 Å². The van der Waals surface area contributed by atoms with Crippen molar-refractivity contribution in [3.63, 3.8) is 0 Å². The maximum atomic E-state index is 11.4. The number of esters is 2. The van der Waals surface area contributed by atoms with Gasteiger partial charge in [-0.25, -0.2) is 0 Å². The van der Waals surface area contributed by atoms with Crippen molar-refractivity contribution in [1.82, 2.24) is 0 Å². The highest BCUT2D eigenvalue weighted by Gasteiger charge is 2.20. The Balaban J connectivity index is 1.58. The zero-order chi connectivity index (χ0) is 12.8. The lowest BCUT2D eigenvalue weighted by Gasteiger charge is -2.11. The second-order valence-corrected chi connectivity index (χ2v) is 7.63. The monoisotopic (exact) mass is 322 g/mol. The van der Waals surface area contributed by atoms with Crippen molar-refractivity contribution < 1.29 is 19.1 Å². The highest BCUT2D eigenvalue weighted by molar-refractivity contribution is 8.22. The van der Waals surface area contributed by atoms with Crippen LogP contribution in [0.2, 0.25) is 0 Å². The summed E-state index contributed by atoms with van der Waals surface area (Å²) in [5.74, 6) is -0.740. The van der Waals surface area contributed by atoms with E-state index in [0.29, 0.717) is 0 Å². The van der Waals surface area contributed by atoms with Gasteiger partial charge in [0.2, 0.25) is 9.54 Å². The third kappa shape index (κ3) is 4.83. The van der Waals surface area contributed by atoms with Crippen LogP contribution in [0.15, 0.2) is 21.6 Å². The third-order valence-electron chi connectivity index (χ3n) is 1.86. The summed E-state index contributed by atoms with van der Waals surface area (Å²) in [6.07, 6.45) is 0.123. The van der Waals surface area contributed by atoms with Crippen molar-refractivity contribution in [2.24, 2.45) is 0 Å². The van der Waals surface area contributed by atoms with Gasteiger partial charge in [-0.15, -0.1) is 0 Å². The fourth-order valence-corrected chi connectivity index (χ4v) is 4.57. The van der Waals surface area contributed by atoms with Crippen LogP contribution in [0.25, 0.3) is 0 Å². The molecule has 0 saturated carbocycles. The van der Waals surface area contributed by atoms with Crippen molar-refractivity contribution in [2.75, 3.05) is 0 Å². The zero-order valence-electron chi connectivity index (χ0n) is 9.14. The lowest BCUT2D eigenvalue weighted by Crippen LogP contribution is -2.14. The van der Waals surface area contributed by atoms with Gasteiger partial charge < -0.3 is 9.47 Å². The second kappa shape index (κ2) is 7.42. The Morgan fingerprint density at radius 1 is 0.778 bits per heavy atom. The van der Waals surface area contributed by atoms with E-state index in [1.807, 2.05) is 21.6 Å². The summed E-state index contributed by atoms with van der Waals surface area (Å²) in [6.45, 7) is 0. The fraction of sp³-hybridized carbons (Fsp3) is 0.400. The Morgan fingerprint density at radius 2 is 1.11 bits per heavy atom. The van der Waals surface area contributed by atoms with E-state index >= 15 is 0 Å². The number of hydrogen-bond donors (Lipinski definition) is 0. The van der Waals surface area contributed by atoms with Crippen LogP contribution >= 0.6 is 47.0 Å². The first-order chi connectivity index (χ1) is 8.74. The molecule has 0 fully saturated rings. The van der Waals surface area contributed by atoms with Crippen molar-refractivity contribution in [2.45, 2.75) is 22.4 Å². The summed E-state index contributed by atoms with van der Waals surface area (Å²) in [5, 5.41) is 7.49. The lowest BCUT2D eigenvalue weighted by molar-refractivity contribution is -0.149. The van der Waals surface area contributed by atoms with Gasteiger partial charge in [-0.3, -0.25) is 9.59 Å². The number of hydrogen-bond acceptors (Lipinski definition) is 8. The largest absolute Gasteiger partial charge is 0.440 e. The van der Waals surface area contributed by atoms with E-state index in [-0.39, 0.29) is 34.3 Å². The molecule has 0 saturated heterocycles. The highest BCUT2D eigenvalue weighted by atomic mass is 32.2. The number of carbonyl (C=O) groups is 2. The summed E-state index contributed by atoms with van der Waals surface area (Å²) in [7, 11) is 0. The molecule has 0 aromatic heterocycles. The van der Waals surface area contributed by atoms with Gasteiger partial charge in [0.25, 0.3) is 0 Å². The molecule has 0 N–H and O–H groups in total. The van der Waals surface area contributed by atoms with E-state index in [1.165, 1.54) is 47.0 Å². The summed E-state index contributed by atoms with van der Waals surface area (Å²) >= 11 is 5.76. The Kier molecular flexibility index (Phi) is 5.87. The Bertz CT molecular complexity index is 330. The Hall–Kier alpha value is -0.180. The summed E-state index contributed by atoms with van der Waals surface area (Å²) in [6, 6.07) is 0. The van der Waals surface area contributed by atoms with E-state index in [0.717, 1.165) is 0 Å². The average Bonchev–Trinajstić information content (AvgIpc) is 2.99. The molecule has 2 aliphatic rings. The van der Waals surface area contributed by atoms with Crippen molar-refractivity contribution in [3.8, 4) is 0 Å². The number of thioether (sulfide) groups is 4. The maximum Gasteiger partial charge on any atom is 0.308 e. The zero-order valence-corrected chi connectivity index (χ0v) is 12.4. The van der Waals surface area contributed by atoms with Crippen LogP contribution in [0.3, 0.4) is 0 Å². The molecule has 2 aliphatic heterocycles. The maximum absolute atomic E-state index is 11.4. The molecule has 0 spiro atoms. The molecule has 0 radical (unpaired) electrons. The van der Waals surface area contributed by atoms with Crippen LogP contribution in [-0.4, -0.2) is 21.5 Å². The minimum absolute atomic E-state index is 0.0614. The molecule has 0 amide bonds. The molecule has 0 unspecified atom stereocenters. The Labute approximate surface area is 122 Å². The van der Waals surface area contributed by atoms with E-state index in [1.54, 1.807) is 0 Å². The molecule has 0 aromatic carbocycles. The molecule has 0 bridgehead atoms. The van der Waals surface area contributed by atoms with E-state index in [2.05, 4.69) is 0 Å². The summed E-state index contributed by atoms with van der Waals surface area (Å²) in [5.41, 5.74) is 0. The number of carbonyl (C=O) groups excluding carboxylic acids is 2. The molecular formula is C10H10O4S4. The topological polar surface area (TPSA) is 52.6 Å². The van der Waals surface area contributed by atoms with Crippen LogP contribution in [0, 0.1) is 0 Å². The van der Waals surface area contributed by atoms with Crippen LogP contribution in [0.5, 0.6) is 0 Å². The molecular weight excluding hydrogens is 312 g/mol. The average molecular weight is 322 g/mol. The van der Waals surface area contributed by atoms with Gasteiger partial charge >= 0.3 is 11.9 Å². The molecule has 2 heterocycles. The molecule has 8 heteroatoms. The van der Waals surface area contributed by atoms with Crippen molar-refractivity contribution in [3.05, 3.63) is 21.6 Å². The van der Waals surface area contributed by atoms with Crippen LogP contribution in [0.1, 0.15) is 12.8 Å². The first-order valence-electron chi connectivity index (χ1n) is 5.05. The van der Waals surface area contributed by atoms with Crippen LogP contribution in [-0.2, 0) is 19.1 Å². The quantitative estimate of drug-likeness (QED) is 0.715. The van der Waals surface area contributed by atoms with Gasteiger partial charge in [0, 0.05) is 0 Å². The van der Waals surface area contributed by atoms with E-state index < -0.39 is 0 Å². The summed E-state index contributed by atoms with van der Waals surface area (Å²) in [4.78, 5) is 22.9. The third-order valence-corrected chi connectivity index (χ3v) is 5.98. The molecule has 0 aliphatic carbocycles. The van der Waals surface area contributed by atoms with Crippen molar-refractivity contribution in [1.29, 1.82) is 0 Å². The molecule has 0 atom stereocenters. The van der Waals surface area contributed by atoms with Gasteiger partial charge in [0.1, 0.15) is 0 Å². The fourth-order valence-electron chi connectivity index (χ4n) is 1.10. The molecule has 4 nitrogen and oxygen atoms in total. The minimum atomic E-state index is -0.370. The predicted molar refractivity (Wildman–Crippen MR) is 77.6 cm³/mol. The van der Waals surface area contributed by atoms with Crippen LogP contribution < -0.4 is 0 Å². The minimum Gasteiger partial charge on any atom is -0.440 e. The SMILES string of the molecule is O=C(CCC(=O)OC1SC=CS1)OC1SC=CS1. The molecule has 98 valence electrons. The predicted octanol–water partition coefficient (Wildman–Crippen LogP) is 3.32. The van der Waals surface area contributed by atoms with Gasteiger partial charge in [0.05, 0.1) is 12.8 Å². The van der Waals surface area contributed by atoms with Gasteiger partial charge in [-0.1, -0.05) is 47.0 Å². The number of ether oxygens (including phenoxy) is 2. The highest BCUT2D eigenvalue weighted by Crippen LogP contribution is 2.35. The number of rotatable bonds is 5. The molecule has 0 aromatic rings.